The van der Waals surface area contributed by atoms with E-state index in [9.17, 15) is 8.42 Å². The Balaban J connectivity index is 2.98. The molecule has 0 bridgehead atoms. The monoisotopic (exact) mass is 269 g/mol. The molecule has 1 rings (SSSR count). The van der Waals surface area contributed by atoms with Crippen molar-refractivity contribution < 1.29 is 8.42 Å². The van der Waals surface area contributed by atoms with Crippen LogP contribution in [-0.2, 0) is 10.0 Å². The van der Waals surface area contributed by atoms with Crippen LogP contribution in [0, 0.1) is 0 Å². The second-order valence-electron chi connectivity index (χ2n) is 5.73. The van der Waals surface area contributed by atoms with Crippen molar-refractivity contribution in [2.45, 2.75) is 57.4 Å². The van der Waals surface area contributed by atoms with Gasteiger partial charge in [0, 0.05) is 5.54 Å². The number of hydrogen-bond acceptors (Lipinski definition) is 2. The lowest BCUT2D eigenvalue weighted by Crippen LogP contribution is -2.40. The molecular weight excluding hydrogens is 246 g/mol. The molecule has 0 amide bonds. The fraction of sp³-hybridized carbons (Fsp3) is 0.571. The van der Waals surface area contributed by atoms with Crippen molar-refractivity contribution in [3.63, 3.8) is 0 Å². The van der Waals surface area contributed by atoms with Crippen molar-refractivity contribution in [1.82, 2.24) is 4.72 Å². The van der Waals surface area contributed by atoms with Gasteiger partial charge < -0.3 is 0 Å². The second-order valence-corrected chi connectivity index (χ2v) is 7.42. The van der Waals surface area contributed by atoms with E-state index >= 15 is 0 Å². The van der Waals surface area contributed by atoms with Crippen LogP contribution < -0.4 is 4.72 Å². The van der Waals surface area contributed by atoms with E-state index in [1.165, 1.54) is 5.56 Å². The van der Waals surface area contributed by atoms with Gasteiger partial charge in [0.25, 0.3) is 0 Å². The van der Waals surface area contributed by atoms with E-state index in [1.54, 1.807) is 12.1 Å². The Morgan fingerprint density at radius 2 is 1.67 bits per heavy atom. The predicted octanol–water partition coefficient (Wildman–Crippen LogP) is 3.28. The second kappa shape index (κ2) is 5.41. The smallest absolute Gasteiger partial charge is 0.207 e. The fourth-order valence-electron chi connectivity index (χ4n) is 1.67. The molecule has 0 aliphatic heterocycles. The highest BCUT2D eigenvalue weighted by Crippen LogP contribution is 2.21. The molecule has 0 fully saturated rings. The van der Waals surface area contributed by atoms with Crippen LogP contribution in [0.5, 0.6) is 0 Å². The van der Waals surface area contributed by atoms with E-state index in [0.717, 1.165) is 6.42 Å². The molecule has 3 nitrogen and oxygen atoms in total. The molecule has 0 aliphatic rings. The quantitative estimate of drug-likeness (QED) is 0.911. The molecule has 102 valence electrons. The predicted molar refractivity (Wildman–Crippen MR) is 75.2 cm³/mol. The van der Waals surface area contributed by atoms with Crippen LogP contribution >= 0.6 is 0 Å². The average Bonchev–Trinajstić information content (AvgIpc) is 2.25. The third-order valence-corrected chi connectivity index (χ3v) is 4.59. The zero-order valence-electron chi connectivity index (χ0n) is 11.8. The number of nitrogens with one attached hydrogen (secondary N) is 1. The number of hydrogen-bond donors (Lipinski definition) is 1. The van der Waals surface area contributed by atoms with Gasteiger partial charge in [0.05, 0.1) is 4.90 Å². The van der Waals surface area contributed by atoms with E-state index < -0.39 is 15.6 Å². The molecule has 0 aromatic heterocycles. The Bertz CT molecular complexity index is 484. The fourth-order valence-corrected chi connectivity index (χ4v) is 3.09. The van der Waals surface area contributed by atoms with Gasteiger partial charge in [0.1, 0.15) is 0 Å². The summed E-state index contributed by atoms with van der Waals surface area (Å²) >= 11 is 0. The molecular formula is C14H23NO2S. The van der Waals surface area contributed by atoms with Gasteiger partial charge in [0.15, 0.2) is 0 Å². The first-order valence-corrected chi connectivity index (χ1v) is 7.78. The molecule has 0 aliphatic carbocycles. The summed E-state index contributed by atoms with van der Waals surface area (Å²) in [5.74, 6) is 0.456. The van der Waals surface area contributed by atoms with Crippen molar-refractivity contribution >= 4 is 10.0 Å². The summed E-state index contributed by atoms with van der Waals surface area (Å²) in [6, 6.07) is 7.14. The highest BCUT2D eigenvalue weighted by atomic mass is 32.2. The first-order chi connectivity index (χ1) is 8.15. The SMILES string of the molecule is CCC(C)c1ccc(S(=O)(=O)NC(C)(C)C)cc1. The Morgan fingerprint density at radius 1 is 1.17 bits per heavy atom. The van der Waals surface area contributed by atoms with E-state index in [-0.39, 0.29) is 0 Å². The largest absolute Gasteiger partial charge is 0.241 e. The lowest BCUT2D eigenvalue weighted by Gasteiger charge is -2.20. The van der Waals surface area contributed by atoms with E-state index in [2.05, 4.69) is 18.6 Å². The third kappa shape index (κ3) is 4.10. The van der Waals surface area contributed by atoms with Gasteiger partial charge in [-0.25, -0.2) is 13.1 Å². The number of benzene rings is 1. The summed E-state index contributed by atoms with van der Waals surface area (Å²) in [4.78, 5) is 0.324. The Labute approximate surface area is 111 Å². The summed E-state index contributed by atoms with van der Waals surface area (Å²) in [5, 5.41) is 0. The van der Waals surface area contributed by atoms with Gasteiger partial charge >= 0.3 is 0 Å². The van der Waals surface area contributed by atoms with Crippen molar-refractivity contribution in [3.05, 3.63) is 29.8 Å². The van der Waals surface area contributed by atoms with Crippen molar-refractivity contribution in [1.29, 1.82) is 0 Å². The molecule has 0 heterocycles. The highest BCUT2D eigenvalue weighted by molar-refractivity contribution is 7.89. The van der Waals surface area contributed by atoms with Crippen LogP contribution in [0.1, 0.15) is 52.5 Å². The number of sulfonamides is 1. The summed E-state index contributed by atoms with van der Waals surface area (Å²) in [6.07, 6.45) is 1.05. The lowest BCUT2D eigenvalue weighted by atomic mass is 9.99. The summed E-state index contributed by atoms with van der Waals surface area (Å²) in [5.41, 5.74) is 0.709. The number of rotatable bonds is 4. The molecule has 4 heteroatoms. The maximum atomic E-state index is 12.1. The van der Waals surface area contributed by atoms with Crippen molar-refractivity contribution in [2.75, 3.05) is 0 Å². The lowest BCUT2D eigenvalue weighted by molar-refractivity contribution is 0.491. The van der Waals surface area contributed by atoms with Crippen LogP contribution in [0.4, 0.5) is 0 Å². The van der Waals surface area contributed by atoms with Crippen molar-refractivity contribution in [3.8, 4) is 0 Å². The van der Waals surface area contributed by atoms with Gasteiger partial charge in [0.2, 0.25) is 10.0 Å². The maximum Gasteiger partial charge on any atom is 0.241 e. The molecule has 1 aromatic carbocycles. The first-order valence-electron chi connectivity index (χ1n) is 6.29. The standard InChI is InChI=1S/C14H23NO2S/c1-6-11(2)12-7-9-13(10-8-12)18(16,17)15-14(3,4)5/h7-11,15H,6H2,1-5H3. The molecule has 0 spiro atoms. The summed E-state index contributed by atoms with van der Waals surface area (Å²) in [7, 11) is -3.42. The molecule has 0 saturated carbocycles. The van der Waals surface area contributed by atoms with Gasteiger partial charge in [-0.3, -0.25) is 0 Å². The minimum absolute atomic E-state index is 0.324. The van der Waals surface area contributed by atoms with Gasteiger partial charge in [-0.05, 0) is 50.8 Å². The molecule has 1 N–H and O–H groups in total. The van der Waals surface area contributed by atoms with E-state index in [1.807, 2.05) is 32.9 Å². The normalized spacial score (nSPS) is 14.5. The molecule has 0 radical (unpaired) electrons. The van der Waals surface area contributed by atoms with Gasteiger partial charge in [-0.15, -0.1) is 0 Å². The molecule has 1 atom stereocenters. The van der Waals surface area contributed by atoms with Crippen molar-refractivity contribution in [2.24, 2.45) is 0 Å². The molecule has 18 heavy (non-hydrogen) atoms. The summed E-state index contributed by atoms with van der Waals surface area (Å²) < 4.78 is 26.8. The molecule has 0 saturated heterocycles. The molecule has 1 unspecified atom stereocenters. The first kappa shape index (κ1) is 15.2. The maximum absolute atomic E-state index is 12.1. The third-order valence-electron chi connectivity index (χ3n) is 2.81. The van der Waals surface area contributed by atoms with E-state index in [4.69, 9.17) is 0 Å². The highest BCUT2D eigenvalue weighted by Gasteiger charge is 2.21. The minimum Gasteiger partial charge on any atom is -0.207 e. The Kier molecular flexibility index (Phi) is 4.56. The van der Waals surface area contributed by atoms with Gasteiger partial charge in [-0.2, -0.15) is 0 Å². The van der Waals surface area contributed by atoms with Crippen LogP contribution in [0.25, 0.3) is 0 Å². The van der Waals surface area contributed by atoms with Crippen LogP contribution in [0.3, 0.4) is 0 Å². The summed E-state index contributed by atoms with van der Waals surface area (Å²) in [6.45, 7) is 9.75. The molecule has 1 aromatic rings. The average molecular weight is 269 g/mol. The minimum atomic E-state index is -3.42. The Morgan fingerprint density at radius 3 is 2.06 bits per heavy atom. The Hall–Kier alpha value is -0.870. The van der Waals surface area contributed by atoms with Crippen LogP contribution in [-0.4, -0.2) is 14.0 Å². The zero-order valence-corrected chi connectivity index (χ0v) is 12.6. The zero-order chi connectivity index (χ0) is 14.0. The topological polar surface area (TPSA) is 46.2 Å². The van der Waals surface area contributed by atoms with Crippen LogP contribution in [0.15, 0.2) is 29.2 Å². The van der Waals surface area contributed by atoms with Crippen LogP contribution in [0.2, 0.25) is 0 Å². The van der Waals surface area contributed by atoms with E-state index in [0.29, 0.717) is 10.8 Å². The van der Waals surface area contributed by atoms with Gasteiger partial charge in [-0.1, -0.05) is 26.0 Å².